The Morgan fingerprint density at radius 2 is 1.96 bits per heavy atom. The Bertz CT molecular complexity index is 941. The highest BCUT2D eigenvalue weighted by Crippen LogP contribution is 2.34. The zero-order chi connectivity index (χ0) is 18.7. The van der Waals surface area contributed by atoms with E-state index in [2.05, 4.69) is 57.5 Å². The van der Waals surface area contributed by atoms with Gasteiger partial charge in [-0.3, -0.25) is 4.79 Å². The first kappa shape index (κ1) is 19.1. The average Bonchev–Trinajstić information content (AvgIpc) is 2.93. The third kappa shape index (κ3) is 4.36. The average molecular weight is 451 g/mol. The molecule has 0 radical (unpaired) electrons. The molecule has 8 heteroatoms. The number of carbonyl (C=O) groups excluding carboxylic acids is 1. The second kappa shape index (κ2) is 8.37. The highest BCUT2D eigenvalue weighted by molar-refractivity contribution is 9.10. The monoisotopic (exact) mass is 450 g/mol. The molecule has 3 aromatic rings. The van der Waals surface area contributed by atoms with Crippen LogP contribution in [0.5, 0.6) is 0 Å². The summed E-state index contributed by atoms with van der Waals surface area (Å²) in [5, 5.41) is 6.79. The number of likely N-dealkylation sites (N-methyl/N-ethyl adjacent to an activating group) is 1. The molecule has 0 fully saturated rings. The number of nitrogens with zero attached hydrogens (tertiary/aromatic N) is 2. The third-order valence-corrected chi connectivity index (χ3v) is 6.59. The van der Waals surface area contributed by atoms with Crippen LogP contribution < -0.4 is 10.6 Å². The van der Waals surface area contributed by atoms with E-state index in [4.69, 9.17) is 4.98 Å². The number of amides is 1. The van der Waals surface area contributed by atoms with Crippen LogP contribution in [0.3, 0.4) is 0 Å². The molecule has 5 nitrogen and oxygen atoms in total. The lowest BCUT2D eigenvalue weighted by Crippen LogP contribution is -2.26. The van der Waals surface area contributed by atoms with Crippen molar-refractivity contribution < 1.29 is 4.79 Å². The molecule has 0 spiro atoms. The van der Waals surface area contributed by atoms with Gasteiger partial charge in [-0.2, -0.15) is 0 Å². The molecule has 0 aliphatic rings. The molecule has 1 aromatic carbocycles. The first-order valence-electron chi connectivity index (χ1n) is 8.07. The molecule has 2 aromatic heterocycles. The zero-order valence-corrected chi connectivity index (χ0v) is 17.9. The maximum absolute atomic E-state index is 11.6. The predicted molar refractivity (Wildman–Crippen MR) is 113 cm³/mol. The number of thioether (sulfide) groups is 1. The van der Waals surface area contributed by atoms with E-state index >= 15 is 0 Å². The molecular formula is C18H19BrN4OS2. The van der Waals surface area contributed by atoms with Gasteiger partial charge >= 0.3 is 0 Å². The number of benzene rings is 1. The molecule has 0 saturated heterocycles. The van der Waals surface area contributed by atoms with E-state index in [9.17, 15) is 4.79 Å². The van der Waals surface area contributed by atoms with Gasteiger partial charge in [-0.05, 0) is 43.7 Å². The Hall–Kier alpha value is -1.64. The van der Waals surface area contributed by atoms with E-state index in [1.807, 2.05) is 12.1 Å². The lowest BCUT2D eigenvalue weighted by atomic mass is 10.2. The van der Waals surface area contributed by atoms with Crippen LogP contribution in [-0.2, 0) is 10.5 Å². The number of anilines is 1. The lowest BCUT2D eigenvalue weighted by molar-refractivity contribution is -0.118. The van der Waals surface area contributed by atoms with E-state index in [1.165, 1.54) is 4.88 Å². The number of hydrogen-bond acceptors (Lipinski definition) is 6. The maximum atomic E-state index is 11.6. The maximum Gasteiger partial charge on any atom is 0.239 e. The Kier molecular flexibility index (Phi) is 6.16. The standard InChI is InChI=1S/C18H19BrN4OS2/c1-10-11(2)26-18-16(10)17(21-8-15(24)20-3)22-14(23-18)9-25-13-6-4-12(19)5-7-13/h4-7H,8-9H2,1-3H3,(H,20,24)(H,21,22,23). The molecule has 3 rings (SSSR count). The SMILES string of the molecule is CNC(=O)CNc1nc(CSc2ccc(Br)cc2)nc2sc(C)c(C)c12. The predicted octanol–water partition coefficient (Wildman–Crippen LogP) is 4.52. The lowest BCUT2D eigenvalue weighted by Gasteiger charge is -2.09. The minimum Gasteiger partial charge on any atom is -0.360 e. The van der Waals surface area contributed by atoms with Gasteiger partial charge in [0.15, 0.2) is 0 Å². The van der Waals surface area contributed by atoms with Crippen molar-refractivity contribution in [1.82, 2.24) is 15.3 Å². The molecule has 0 atom stereocenters. The van der Waals surface area contributed by atoms with E-state index < -0.39 is 0 Å². The van der Waals surface area contributed by atoms with Crippen LogP contribution in [0.1, 0.15) is 16.3 Å². The number of thiophene rings is 1. The Balaban J connectivity index is 1.87. The number of nitrogens with one attached hydrogen (secondary N) is 2. The number of hydrogen-bond donors (Lipinski definition) is 2. The molecular weight excluding hydrogens is 432 g/mol. The minimum atomic E-state index is -0.0767. The Labute approximate surface area is 169 Å². The van der Waals surface area contributed by atoms with E-state index in [1.54, 1.807) is 30.1 Å². The summed E-state index contributed by atoms with van der Waals surface area (Å²) in [6, 6.07) is 8.18. The molecule has 136 valence electrons. The zero-order valence-electron chi connectivity index (χ0n) is 14.7. The number of rotatable bonds is 6. The van der Waals surface area contributed by atoms with Crippen LogP contribution in [0.15, 0.2) is 33.6 Å². The molecule has 2 heterocycles. The normalized spacial score (nSPS) is 10.9. The van der Waals surface area contributed by atoms with Gasteiger partial charge in [0.2, 0.25) is 5.91 Å². The van der Waals surface area contributed by atoms with Gasteiger partial charge in [-0.1, -0.05) is 15.9 Å². The molecule has 0 bridgehead atoms. The highest BCUT2D eigenvalue weighted by Gasteiger charge is 2.15. The van der Waals surface area contributed by atoms with Crippen molar-refractivity contribution in [3.05, 3.63) is 45.0 Å². The van der Waals surface area contributed by atoms with Crippen LogP contribution >= 0.6 is 39.0 Å². The van der Waals surface area contributed by atoms with Crippen molar-refractivity contribution in [2.75, 3.05) is 18.9 Å². The first-order chi connectivity index (χ1) is 12.5. The second-order valence-electron chi connectivity index (χ2n) is 5.72. The summed E-state index contributed by atoms with van der Waals surface area (Å²) in [6.45, 7) is 4.34. The number of aryl methyl sites for hydroxylation is 2. The van der Waals surface area contributed by atoms with Gasteiger partial charge in [0.25, 0.3) is 0 Å². The molecule has 0 aliphatic heterocycles. The largest absolute Gasteiger partial charge is 0.360 e. The highest BCUT2D eigenvalue weighted by atomic mass is 79.9. The van der Waals surface area contributed by atoms with Gasteiger partial charge in [-0.15, -0.1) is 23.1 Å². The van der Waals surface area contributed by atoms with Gasteiger partial charge < -0.3 is 10.6 Å². The first-order valence-corrected chi connectivity index (χ1v) is 10.7. The van der Waals surface area contributed by atoms with Crippen molar-refractivity contribution in [3.8, 4) is 0 Å². The van der Waals surface area contributed by atoms with Crippen LogP contribution in [0, 0.1) is 13.8 Å². The summed E-state index contributed by atoms with van der Waals surface area (Å²) in [6.07, 6.45) is 0. The molecule has 0 saturated carbocycles. The van der Waals surface area contributed by atoms with Gasteiger partial charge in [0.1, 0.15) is 16.5 Å². The summed E-state index contributed by atoms with van der Waals surface area (Å²) < 4.78 is 1.06. The quantitative estimate of drug-likeness (QED) is 0.540. The van der Waals surface area contributed by atoms with Crippen LogP contribution in [0.25, 0.3) is 10.2 Å². The summed E-state index contributed by atoms with van der Waals surface area (Å²) in [7, 11) is 1.62. The summed E-state index contributed by atoms with van der Waals surface area (Å²) >= 11 is 6.80. The van der Waals surface area contributed by atoms with Gasteiger partial charge in [0.05, 0.1) is 17.7 Å². The van der Waals surface area contributed by atoms with Crippen molar-refractivity contribution >= 4 is 61.0 Å². The number of fused-ring (bicyclic) bond motifs is 1. The van der Waals surface area contributed by atoms with Crippen molar-refractivity contribution in [1.29, 1.82) is 0 Å². The fraction of sp³-hybridized carbons (Fsp3) is 0.278. The Morgan fingerprint density at radius 1 is 1.23 bits per heavy atom. The number of halogens is 1. The smallest absolute Gasteiger partial charge is 0.239 e. The summed E-state index contributed by atoms with van der Waals surface area (Å²) in [5.74, 6) is 2.08. The fourth-order valence-corrected chi connectivity index (χ4v) is 4.48. The fourth-order valence-electron chi connectivity index (χ4n) is 2.42. The van der Waals surface area contributed by atoms with E-state index in [0.29, 0.717) is 5.75 Å². The van der Waals surface area contributed by atoms with Crippen LogP contribution in [0.4, 0.5) is 5.82 Å². The number of carbonyl (C=O) groups is 1. The Morgan fingerprint density at radius 3 is 2.65 bits per heavy atom. The molecule has 1 amide bonds. The third-order valence-electron chi connectivity index (χ3n) is 3.95. The van der Waals surface area contributed by atoms with Crippen molar-refractivity contribution in [2.45, 2.75) is 24.5 Å². The van der Waals surface area contributed by atoms with Crippen LogP contribution in [-0.4, -0.2) is 29.5 Å². The second-order valence-corrected chi connectivity index (χ2v) is 8.89. The van der Waals surface area contributed by atoms with Gasteiger partial charge in [-0.25, -0.2) is 9.97 Å². The molecule has 2 N–H and O–H groups in total. The van der Waals surface area contributed by atoms with E-state index in [-0.39, 0.29) is 12.5 Å². The summed E-state index contributed by atoms with van der Waals surface area (Å²) in [4.78, 5) is 24.4. The van der Waals surface area contributed by atoms with Gasteiger partial charge in [0, 0.05) is 21.3 Å². The van der Waals surface area contributed by atoms with Crippen molar-refractivity contribution in [2.24, 2.45) is 0 Å². The topological polar surface area (TPSA) is 66.9 Å². The minimum absolute atomic E-state index is 0.0767. The molecule has 26 heavy (non-hydrogen) atoms. The number of aromatic nitrogens is 2. The summed E-state index contributed by atoms with van der Waals surface area (Å²) in [5.41, 5.74) is 1.16. The van der Waals surface area contributed by atoms with Crippen molar-refractivity contribution in [3.63, 3.8) is 0 Å². The van der Waals surface area contributed by atoms with E-state index in [0.717, 1.165) is 36.8 Å². The molecule has 0 unspecified atom stereocenters. The molecule has 0 aliphatic carbocycles. The van der Waals surface area contributed by atoms with Crippen LogP contribution in [0.2, 0.25) is 0 Å².